The Bertz CT molecular complexity index is 2030. The van der Waals surface area contributed by atoms with Crippen molar-refractivity contribution in [2.45, 2.75) is 37.8 Å². The Morgan fingerprint density at radius 1 is 0.718 bits per heavy atom. The molecule has 6 aromatic rings. The molecule has 0 atom stereocenters. The first-order chi connectivity index (χ1) is 21.9. The Morgan fingerprint density at radius 2 is 1.51 bits per heavy atom. The molecule has 0 unspecified atom stereocenters. The van der Waals surface area contributed by atoms with Gasteiger partial charge in [0.15, 0.2) is 0 Å². The summed E-state index contributed by atoms with van der Waals surface area (Å²) >= 11 is -0.439. The number of aromatic nitrogens is 2. The summed E-state index contributed by atoms with van der Waals surface area (Å²) in [5.74, 6) is 7.14. The molecule has 5 heteroatoms. The first-order valence-electron chi connectivity index (χ1n) is 16.7. The molecule has 3 heterocycles. The van der Waals surface area contributed by atoms with Gasteiger partial charge in [0.1, 0.15) is 0 Å². The van der Waals surface area contributed by atoms with Crippen LogP contribution in [0.1, 0.15) is 29.0 Å². The van der Waals surface area contributed by atoms with Crippen molar-refractivity contribution in [3.05, 3.63) is 114 Å². The van der Waals surface area contributed by atoms with Crippen LogP contribution in [0.2, 0.25) is 17.3 Å². The summed E-state index contributed by atoms with van der Waals surface area (Å²) in [7, 11) is 0. The van der Waals surface area contributed by atoms with Crippen molar-refractivity contribution in [3.8, 4) is 22.5 Å². The van der Waals surface area contributed by atoms with Crippen LogP contribution in [-0.4, -0.2) is 23.2 Å². The van der Waals surface area contributed by atoms with Crippen molar-refractivity contribution in [3.63, 3.8) is 0 Å². The van der Waals surface area contributed by atoms with Crippen molar-refractivity contribution in [1.82, 2.24) is 9.97 Å². The number of fused-ring (bicyclic) bond motifs is 3. The molecule has 0 N–H and O–H groups in total. The first-order valence-corrected chi connectivity index (χ1v) is 20.3. The smallest absolute Gasteiger partial charge is 0 e. The van der Waals surface area contributed by atoms with E-state index >= 15 is 0 Å². The normalized spacial score (nSPS) is 15.5. The third kappa shape index (κ3) is 6.41. The van der Waals surface area contributed by atoms with Crippen LogP contribution in [0.3, 0.4) is 0 Å². The van der Waals surface area contributed by atoms with Gasteiger partial charge in [0.05, 0.1) is 0 Å². The molecule has 199 valence electrons. The molecule has 0 bridgehead atoms. The third-order valence-corrected chi connectivity index (χ3v) is 11.8. The zero-order valence-corrected chi connectivity index (χ0v) is 27.0. The molecule has 2 nitrogen and oxygen atoms in total. The summed E-state index contributed by atoms with van der Waals surface area (Å²) in [6.07, 6.45) is 3.12. The van der Waals surface area contributed by atoms with E-state index in [0.717, 1.165) is 28.2 Å². The largest absolute Gasteiger partial charge is 0 e. The summed E-state index contributed by atoms with van der Waals surface area (Å²) in [6, 6.07) is 28.4. The van der Waals surface area contributed by atoms with Crippen molar-refractivity contribution in [2.75, 3.05) is 0 Å². The van der Waals surface area contributed by atoms with E-state index in [-0.39, 0.29) is 42.5 Å². The number of aryl methyl sites for hydroxylation is 3. The number of nitrogens with zero attached hydrogens (tertiary/aromatic N) is 2. The van der Waals surface area contributed by atoms with Gasteiger partial charge in [-0.05, 0) is 47.5 Å². The van der Waals surface area contributed by atoms with Gasteiger partial charge in [-0.3, -0.25) is 0 Å². The standard InChI is InChI=1S/C20H16NS.C14H16GeN.Ir/c1-12-6-4-7-15-16-8-5-9-17(20(16)22-19(12)15)18-10-13(2)14(3)11-21-18;1-15(2,3)13-9-10-14(16-11-13)12-7-5-4-6-8-12;/h4-8,10-11H,1-3H3;4-7,9-11H,1-3H3;/q2*-1;/i1D3,2D3,3D3;;. The fraction of sp³-hybridized carbons (Fsp3) is 0.176. The van der Waals surface area contributed by atoms with Crippen molar-refractivity contribution < 1.29 is 32.4 Å². The minimum absolute atomic E-state index is 0. The molecule has 0 saturated heterocycles. The minimum atomic E-state index is -2.64. The van der Waals surface area contributed by atoms with Crippen LogP contribution < -0.4 is 4.40 Å². The van der Waals surface area contributed by atoms with Crippen LogP contribution in [0.15, 0.2) is 85.2 Å². The monoisotopic (exact) mass is 776 g/mol. The molecule has 0 spiro atoms. The van der Waals surface area contributed by atoms with E-state index in [1.54, 1.807) is 18.2 Å². The SMILES string of the molecule is [2H]C([2H])([2H])c1cnc(-c2[c-]ccc3c2sc2c(C([2H])([2H])[2H])cccc23)cc1C([2H])([2H])[2H].[CH3][Ge]([CH3])([CH3])[c]1ccc(-c2[c-]cccc2)nc1.[Ir]. The maximum Gasteiger partial charge on any atom is 0 e. The van der Waals surface area contributed by atoms with Crippen LogP contribution in [0.25, 0.3) is 42.7 Å². The third-order valence-electron chi connectivity index (χ3n) is 6.23. The van der Waals surface area contributed by atoms with Crippen LogP contribution in [0.5, 0.6) is 0 Å². The van der Waals surface area contributed by atoms with Gasteiger partial charge in [-0.1, -0.05) is 35.2 Å². The maximum atomic E-state index is 7.83. The van der Waals surface area contributed by atoms with Gasteiger partial charge in [-0.25, -0.2) is 0 Å². The molecule has 0 aliphatic rings. The van der Waals surface area contributed by atoms with E-state index in [2.05, 4.69) is 51.5 Å². The molecule has 0 aliphatic carbocycles. The zero-order valence-electron chi connectivity index (χ0n) is 30.7. The predicted molar refractivity (Wildman–Crippen MR) is 167 cm³/mol. The van der Waals surface area contributed by atoms with Gasteiger partial charge in [-0.15, -0.1) is 23.8 Å². The molecule has 6 rings (SSSR count). The Kier molecular flexibility index (Phi) is 6.12. The Hall–Kier alpha value is -2.63. The summed E-state index contributed by atoms with van der Waals surface area (Å²) in [5, 5.41) is 1.58. The summed E-state index contributed by atoms with van der Waals surface area (Å²) < 4.78 is 72.5. The average molecular weight is 775 g/mol. The van der Waals surface area contributed by atoms with E-state index < -0.39 is 33.8 Å². The number of benzene rings is 3. The molecular weight excluding hydrogens is 733 g/mol. The molecule has 0 saturated carbocycles. The first kappa shape index (κ1) is 19.4. The van der Waals surface area contributed by atoms with Gasteiger partial charge in [0, 0.05) is 43.3 Å². The molecule has 1 radical (unpaired) electrons. The number of hydrogen-bond acceptors (Lipinski definition) is 3. The topological polar surface area (TPSA) is 25.8 Å². The quantitative estimate of drug-likeness (QED) is 0.133. The molecule has 3 aromatic carbocycles. The molecular formula is C34H32GeIrN2S-2. The molecule has 39 heavy (non-hydrogen) atoms. The second-order valence-corrected chi connectivity index (χ2v) is 21.6. The molecule has 0 aliphatic heterocycles. The van der Waals surface area contributed by atoms with Crippen LogP contribution in [0, 0.1) is 32.7 Å². The Morgan fingerprint density at radius 3 is 2.21 bits per heavy atom. The van der Waals surface area contributed by atoms with Crippen molar-refractivity contribution >= 4 is 49.2 Å². The summed E-state index contributed by atoms with van der Waals surface area (Å²) in [6.45, 7) is -7.53. The van der Waals surface area contributed by atoms with E-state index in [4.69, 9.17) is 12.3 Å². The number of thiophene rings is 1. The zero-order chi connectivity index (χ0) is 34.4. The average Bonchev–Trinajstić information content (AvgIpc) is 3.39. The Balaban J connectivity index is 0.000000258. The van der Waals surface area contributed by atoms with Gasteiger partial charge in [0.25, 0.3) is 0 Å². The fourth-order valence-electron chi connectivity index (χ4n) is 4.10. The van der Waals surface area contributed by atoms with E-state index in [9.17, 15) is 0 Å². The summed E-state index contributed by atoms with van der Waals surface area (Å²) in [5.41, 5.74) is 2.48. The van der Waals surface area contributed by atoms with Crippen molar-refractivity contribution in [1.29, 1.82) is 0 Å². The minimum Gasteiger partial charge on any atom is 0 e. The van der Waals surface area contributed by atoms with Crippen LogP contribution >= 0.6 is 11.3 Å². The van der Waals surface area contributed by atoms with Gasteiger partial charge < -0.3 is 4.98 Å². The van der Waals surface area contributed by atoms with E-state index in [1.807, 2.05) is 42.6 Å². The number of pyridine rings is 2. The predicted octanol–water partition coefficient (Wildman–Crippen LogP) is 8.93. The number of hydrogen-bond donors (Lipinski definition) is 0. The second-order valence-electron chi connectivity index (χ2n) is 9.95. The molecule has 0 fully saturated rings. The van der Waals surface area contributed by atoms with Crippen LogP contribution in [0.4, 0.5) is 0 Å². The van der Waals surface area contributed by atoms with Crippen LogP contribution in [-0.2, 0) is 20.1 Å². The van der Waals surface area contributed by atoms with Crippen molar-refractivity contribution in [2.24, 2.45) is 0 Å². The fourth-order valence-corrected chi connectivity index (χ4v) is 7.49. The van der Waals surface area contributed by atoms with Gasteiger partial charge in [0.2, 0.25) is 0 Å². The second kappa shape index (κ2) is 12.3. The van der Waals surface area contributed by atoms with Gasteiger partial charge >= 0.3 is 99.8 Å². The van der Waals surface area contributed by atoms with Gasteiger partial charge in [-0.2, -0.15) is 11.3 Å². The maximum absolute atomic E-state index is 7.83. The Labute approximate surface area is 264 Å². The summed E-state index contributed by atoms with van der Waals surface area (Å²) in [4.78, 5) is 8.77. The molecule has 3 aromatic heterocycles. The van der Waals surface area contributed by atoms with E-state index in [0.29, 0.717) is 15.0 Å². The molecule has 0 amide bonds. The van der Waals surface area contributed by atoms with E-state index in [1.165, 1.54) is 21.8 Å². The number of rotatable bonds is 3.